The molecule has 0 radical (unpaired) electrons. The first kappa shape index (κ1) is 7.17. The molecule has 2 heterocycles. The molecule has 0 bridgehead atoms. The minimum absolute atomic E-state index is 0.546. The van der Waals surface area contributed by atoms with Crippen LogP contribution in [0.2, 0.25) is 0 Å². The van der Waals surface area contributed by atoms with Gasteiger partial charge in [-0.15, -0.1) is 0 Å². The second-order valence-electron chi connectivity index (χ2n) is 2.17. The van der Waals surface area contributed by atoms with Gasteiger partial charge in [0.25, 0.3) is 4.83 Å². The van der Waals surface area contributed by atoms with E-state index in [1.165, 1.54) is 6.33 Å². The molecule has 2 aromatic rings. The fraction of sp³-hybridized carbons (Fsp3) is 0. The number of rotatable bonds is 1. The summed E-state index contributed by atoms with van der Waals surface area (Å²) in [5.41, 5.74) is 0. The van der Waals surface area contributed by atoms with Crippen molar-refractivity contribution in [2.45, 2.75) is 0 Å². The summed E-state index contributed by atoms with van der Waals surface area (Å²) in [6, 6.07) is 1.70. The standard InChI is InChI=1S/C7H4N2O2S/c10-7(11)12-2-1-5-3-8-4-9-6(5)12/h1-4H. The second-order valence-corrected chi connectivity index (χ2v) is 3.84. The van der Waals surface area contributed by atoms with Crippen LogP contribution in [0.3, 0.4) is 0 Å². The zero-order valence-corrected chi connectivity index (χ0v) is 6.75. The van der Waals surface area contributed by atoms with Crippen molar-refractivity contribution in [2.75, 3.05) is 0 Å². The number of aromatic nitrogens is 2. The first-order valence-corrected chi connectivity index (χ1v) is 4.50. The lowest BCUT2D eigenvalue weighted by atomic mass is 10.4. The first-order valence-electron chi connectivity index (χ1n) is 3.21. The van der Waals surface area contributed by atoms with E-state index in [4.69, 9.17) is 0 Å². The third-order valence-corrected chi connectivity index (χ3v) is 3.00. The Balaban J connectivity index is 2.79. The summed E-state index contributed by atoms with van der Waals surface area (Å²) in [5, 5.41) is 11.8. The Labute approximate surface area is 70.5 Å². The molecule has 5 heteroatoms. The van der Waals surface area contributed by atoms with Crippen molar-refractivity contribution >= 4 is 26.0 Å². The molecule has 0 aliphatic heterocycles. The summed E-state index contributed by atoms with van der Waals surface area (Å²) in [4.78, 5) is 18.8. The van der Waals surface area contributed by atoms with E-state index in [1.54, 1.807) is 17.6 Å². The van der Waals surface area contributed by atoms with E-state index in [1.807, 2.05) is 0 Å². The number of hydrogen-bond acceptors (Lipinski definition) is 4. The molecule has 60 valence electrons. The van der Waals surface area contributed by atoms with Gasteiger partial charge in [-0.25, -0.2) is 4.98 Å². The fourth-order valence-electron chi connectivity index (χ4n) is 0.968. The smallest absolute Gasteiger partial charge is 0.302 e. The lowest BCUT2D eigenvalue weighted by Crippen LogP contribution is -2.15. The van der Waals surface area contributed by atoms with E-state index in [9.17, 15) is 9.90 Å². The summed E-state index contributed by atoms with van der Waals surface area (Å²) in [6.07, 6.45) is 2.93. The van der Waals surface area contributed by atoms with Gasteiger partial charge in [-0.2, -0.15) is 4.98 Å². The van der Waals surface area contributed by atoms with Gasteiger partial charge in [-0.05, 0) is 0 Å². The Hall–Kier alpha value is -1.49. The maximum absolute atomic E-state index is 10.6. The largest absolute Gasteiger partial charge is 0.500 e. The van der Waals surface area contributed by atoms with E-state index < -0.39 is 15.8 Å². The Morgan fingerprint density at radius 2 is 2.42 bits per heavy atom. The molecule has 2 rings (SSSR count). The van der Waals surface area contributed by atoms with Gasteiger partial charge in [0.15, 0.2) is 0 Å². The molecular formula is C7H4N2O2S. The van der Waals surface area contributed by atoms with Gasteiger partial charge in [-0.3, -0.25) is 0 Å². The van der Waals surface area contributed by atoms with Gasteiger partial charge < -0.3 is 9.90 Å². The predicted molar refractivity (Wildman–Crippen MR) is 42.8 cm³/mol. The molecular weight excluding hydrogens is 176 g/mol. The SMILES string of the molecule is O=C([O-])[s+]1ccc2cncnc21. The van der Waals surface area contributed by atoms with E-state index in [-0.39, 0.29) is 0 Å². The topological polar surface area (TPSA) is 65.9 Å². The Bertz CT molecular complexity index is 438. The van der Waals surface area contributed by atoms with Gasteiger partial charge >= 0.3 is 5.30 Å². The van der Waals surface area contributed by atoms with Crippen LogP contribution in [0.15, 0.2) is 24.0 Å². The summed E-state index contributed by atoms with van der Waals surface area (Å²) in [7, 11) is -0.980. The van der Waals surface area contributed by atoms with Crippen molar-refractivity contribution in [3.05, 3.63) is 24.0 Å². The van der Waals surface area contributed by atoms with Crippen LogP contribution in [0.5, 0.6) is 0 Å². The molecule has 4 nitrogen and oxygen atoms in total. The third kappa shape index (κ3) is 0.947. The van der Waals surface area contributed by atoms with Crippen molar-refractivity contribution in [3.8, 4) is 0 Å². The van der Waals surface area contributed by atoms with Crippen molar-refractivity contribution in [2.24, 2.45) is 0 Å². The zero-order chi connectivity index (χ0) is 8.55. The normalized spacial score (nSPS) is 11.8. The van der Waals surface area contributed by atoms with Crippen LogP contribution in [-0.4, -0.2) is 15.3 Å². The van der Waals surface area contributed by atoms with Crippen LogP contribution in [0.1, 0.15) is 0 Å². The highest BCUT2D eigenvalue weighted by Crippen LogP contribution is 2.27. The van der Waals surface area contributed by atoms with Crippen LogP contribution >= 0.6 is 10.5 Å². The molecule has 0 saturated heterocycles. The highest BCUT2D eigenvalue weighted by molar-refractivity contribution is 7.53. The number of fused-ring (bicyclic) bond motifs is 1. The Morgan fingerprint density at radius 3 is 3.17 bits per heavy atom. The van der Waals surface area contributed by atoms with Crippen LogP contribution in [0, 0.1) is 0 Å². The lowest BCUT2D eigenvalue weighted by molar-refractivity contribution is -0.233. The van der Waals surface area contributed by atoms with E-state index in [2.05, 4.69) is 9.97 Å². The summed E-state index contributed by atoms with van der Waals surface area (Å²) < 4.78 is 0. The Morgan fingerprint density at radius 1 is 1.58 bits per heavy atom. The number of hydrogen-bond donors (Lipinski definition) is 0. The minimum Gasteiger partial charge on any atom is -0.500 e. The second kappa shape index (κ2) is 2.53. The molecule has 2 aromatic heterocycles. The molecule has 0 N–H and O–H groups in total. The summed E-state index contributed by atoms with van der Waals surface area (Å²) in [6.45, 7) is 0. The monoisotopic (exact) mass is 180 g/mol. The van der Waals surface area contributed by atoms with Gasteiger partial charge in [0, 0.05) is 12.3 Å². The molecule has 0 fully saturated rings. The van der Waals surface area contributed by atoms with Crippen LogP contribution in [-0.2, 0) is 0 Å². The summed E-state index contributed by atoms with van der Waals surface area (Å²) >= 11 is 0. The molecule has 0 amide bonds. The number of carboxylic acid groups (broad SMARTS) is 1. The molecule has 0 aliphatic rings. The van der Waals surface area contributed by atoms with E-state index >= 15 is 0 Å². The molecule has 0 aromatic carbocycles. The maximum atomic E-state index is 10.6. The third-order valence-electron chi connectivity index (χ3n) is 1.47. The van der Waals surface area contributed by atoms with E-state index in [0.29, 0.717) is 4.83 Å². The van der Waals surface area contributed by atoms with Crippen molar-refractivity contribution < 1.29 is 9.90 Å². The molecule has 1 atom stereocenters. The average molecular weight is 180 g/mol. The van der Waals surface area contributed by atoms with Crippen molar-refractivity contribution in [3.63, 3.8) is 0 Å². The summed E-state index contributed by atoms with van der Waals surface area (Å²) in [5.74, 6) is 0. The van der Waals surface area contributed by atoms with Crippen molar-refractivity contribution in [1.29, 1.82) is 0 Å². The van der Waals surface area contributed by atoms with Gasteiger partial charge in [0.05, 0.1) is 15.9 Å². The molecule has 0 saturated carbocycles. The predicted octanol–water partition coefficient (Wildman–Crippen LogP) is 0.570. The maximum Gasteiger partial charge on any atom is 0.302 e. The highest BCUT2D eigenvalue weighted by atomic mass is 32.2. The molecule has 1 unspecified atom stereocenters. The zero-order valence-electron chi connectivity index (χ0n) is 5.93. The quantitative estimate of drug-likeness (QED) is 0.602. The first-order chi connectivity index (χ1) is 5.79. The van der Waals surface area contributed by atoms with Crippen molar-refractivity contribution in [1.82, 2.24) is 9.97 Å². The number of carbonyl (C=O) groups excluding carboxylic acids is 1. The van der Waals surface area contributed by atoms with Gasteiger partial charge in [-0.1, -0.05) is 0 Å². The minimum atomic E-state index is -1.09. The Kier molecular flexibility index (Phi) is 1.51. The number of thiophene rings is 1. The highest BCUT2D eigenvalue weighted by Gasteiger charge is 2.14. The van der Waals surface area contributed by atoms with Crippen LogP contribution < -0.4 is 5.11 Å². The lowest BCUT2D eigenvalue weighted by Gasteiger charge is -1.86. The van der Waals surface area contributed by atoms with E-state index in [0.717, 1.165) is 5.39 Å². The number of carbonyl (C=O) groups is 1. The molecule has 0 spiro atoms. The average Bonchev–Trinajstić information content (AvgIpc) is 2.47. The molecule has 0 aliphatic carbocycles. The van der Waals surface area contributed by atoms with Crippen LogP contribution in [0.25, 0.3) is 10.2 Å². The van der Waals surface area contributed by atoms with Crippen LogP contribution in [0.4, 0.5) is 4.79 Å². The van der Waals surface area contributed by atoms with Gasteiger partial charge in [0.1, 0.15) is 11.7 Å². The molecule has 12 heavy (non-hydrogen) atoms. The number of nitrogens with zero attached hydrogens (tertiary/aromatic N) is 2. The fourth-order valence-corrected chi connectivity index (χ4v) is 2.18. The van der Waals surface area contributed by atoms with Gasteiger partial charge in [0.2, 0.25) is 0 Å².